The molecule has 0 saturated heterocycles. The van der Waals surface area contributed by atoms with Gasteiger partial charge in [-0.15, -0.1) is 0 Å². The zero-order chi connectivity index (χ0) is 30.1. The van der Waals surface area contributed by atoms with Crippen LogP contribution in [-0.2, 0) is 20.9 Å². The zero-order valence-corrected chi connectivity index (χ0v) is 25.0. The Balaban J connectivity index is 0.00000274. The number of halogens is 3. The van der Waals surface area contributed by atoms with E-state index < -0.39 is 19.5 Å². The fraction of sp³-hybridized carbons (Fsp3) is 0.333. The Morgan fingerprint density at radius 1 is 1.18 bits per heavy atom. The van der Waals surface area contributed by atoms with E-state index in [9.17, 15) is 23.2 Å². The molecule has 5 nitrogen and oxygen atoms in total. The summed E-state index contributed by atoms with van der Waals surface area (Å²) in [4.78, 5) is 23.0. The molecule has 0 aliphatic carbocycles. The van der Waals surface area contributed by atoms with E-state index in [4.69, 9.17) is 9.53 Å². The quantitative estimate of drug-likeness (QED) is 0.279. The predicted molar refractivity (Wildman–Crippen MR) is 160 cm³/mol. The molecule has 0 spiro atoms. The zero-order valence-electron chi connectivity index (χ0n) is 23.2. The van der Waals surface area contributed by atoms with Crippen molar-refractivity contribution in [3.05, 3.63) is 70.8 Å². The maximum absolute atomic E-state index is 13.2. The number of allylic oxidation sites excluding steroid dienone is 2. The first-order valence-electron chi connectivity index (χ1n) is 12.5. The van der Waals surface area contributed by atoms with Crippen LogP contribution in [0, 0.1) is 23.7 Å². The van der Waals surface area contributed by atoms with Gasteiger partial charge in [-0.3, -0.25) is 0 Å². The monoisotopic (exact) mass is 587 g/mol. The fourth-order valence-corrected chi connectivity index (χ4v) is 5.27. The van der Waals surface area contributed by atoms with E-state index in [0.29, 0.717) is 36.0 Å². The Kier molecular flexibility index (Phi) is 12.0. The Morgan fingerprint density at radius 2 is 1.80 bits per heavy atom. The van der Waals surface area contributed by atoms with Crippen molar-refractivity contribution < 1.29 is 27.5 Å². The average Bonchev–Trinajstić information content (AvgIpc) is 2.89. The molecule has 0 unspecified atom stereocenters. The van der Waals surface area contributed by atoms with E-state index in [-0.39, 0.29) is 5.91 Å². The molecule has 10 heteroatoms. The van der Waals surface area contributed by atoms with Crippen LogP contribution in [0.3, 0.4) is 0 Å². The third-order valence-electron chi connectivity index (χ3n) is 6.01. The van der Waals surface area contributed by atoms with E-state index in [2.05, 4.69) is 6.07 Å². The van der Waals surface area contributed by atoms with Crippen LogP contribution in [-0.4, -0.2) is 35.4 Å². The summed E-state index contributed by atoms with van der Waals surface area (Å²) in [6.07, 6.45) is 2.74. The fourth-order valence-electron chi connectivity index (χ4n) is 3.76. The number of amides is 1. The SMILES string of the molecule is C/C=C(\C=PC(F)(F)F)c1ccc(CN(C(=O)CCC)c2cc(C3=[P+]=C(C(C)(C)C#N)O3)ccc2C)cc1.C=O. The maximum atomic E-state index is 13.2. The molecule has 1 amide bonds. The minimum atomic E-state index is -4.28. The molecular formula is C30H32F3N2O3P2+. The van der Waals surface area contributed by atoms with E-state index in [1.165, 1.54) is 0 Å². The summed E-state index contributed by atoms with van der Waals surface area (Å²) in [5.74, 6) is -3.14. The van der Waals surface area contributed by atoms with Gasteiger partial charge in [-0.05, 0) is 6.92 Å². The van der Waals surface area contributed by atoms with Gasteiger partial charge in [0.25, 0.3) is 0 Å². The van der Waals surface area contributed by atoms with Crippen molar-refractivity contribution in [3.8, 4) is 6.07 Å². The molecule has 210 valence electrons. The Labute approximate surface area is 236 Å². The molecule has 0 saturated carbocycles. The van der Waals surface area contributed by atoms with Crippen LogP contribution in [0.5, 0.6) is 0 Å². The minimum absolute atomic E-state index is 0.0155. The van der Waals surface area contributed by atoms with Crippen molar-refractivity contribution in [2.24, 2.45) is 5.41 Å². The second-order valence-electron chi connectivity index (χ2n) is 9.46. The summed E-state index contributed by atoms with van der Waals surface area (Å²) in [7, 11) is 0.140. The van der Waals surface area contributed by atoms with Crippen LogP contribution in [0.4, 0.5) is 18.9 Å². The Bertz CT molecular complexity index is 1400. The van der Waals surface area contributed by atoms with E-state index in [0.717, 1.165) is 41.5 Å². The van der Waals surface area contributed by atoms with Gasteiger partial charge in [-0.1, -0.05) is 0 Å². The molecule has 1 heterocycles. The number of carbonyl (C=O) groups excluding carboxylic acids is 2. The van der Waals surface area contributed by atoms with E-state index >= 15 is 0 Å². The first-order chi connectivity index (χ1) is 18.9. The van der Waals surface area contributed by atoms with E-state index in [1.807, 2.05) is 64.8 Å². The molecule has 0 N–H and O–H groups in total. The summed E-state index contributed by atoms with van der Waals surface area (Å²) in [5, 5.41) is 9.35. The van der Waals surface area contributed by atoms with Gasteiger partial charge < -0.3 is 4.79 Å². The Morgan fingerprint density at radius 3 is 2.33 bits per heavy atom. The summed E-state index contributed by atoms with van der Waals surface area (Å²) in [6.45, 7) is 11.6. The number of hydrogen-bond acceptors (Lipinski definition) is 4. The molecule has 1 aliphatic rings. The number of nitrogens with zero attached hydrogens (tertiary/aromatic N) is 2. The number of rotatable bonds is 9. The van der Waals surface area contributed by atoms with Gasteiger partial charge in [0, 0.05) is 8.20 Å². The molecule has 0 radical (unpaired) electrons. The van der Waals surface area contributed by atoms with Crippen LogP contribution < -0.4 is 4.90 Å². The summed E-state index contributed by atoms with van der Waals surface area (Å²) in [6, 6.07) is 15.3. The number of ether oxygens (including phenoxy) is 1. The van der Waals surface area contributed by atoms with Gasteiger partial charge in [-0.25, -0.2) is 0 Å². The van der Waals surface area contributed by atoms with Crippen molar-refractivity contribution in [1.29, 1.82) is 5.26 Å². The number of nitriles is 1. The third kappa shape index (κ3) is 8.70. The van der Waals surface area contributed by atoms with Crippen molar-refractivity contribution in [2.45, 2.75) is 59.9 Å². The minimum Gasteiger partial charge on any atom is -0.307 e. The van der Waals surface area contributed by atoms with Crippen LogP contribution in [0.15, 0.2) is 48.5 Å². The molecule has 3 rings (SSSR count). The number of alkyl halides is 3. The maximum Gasteiger partial charge on any atom is 0.106 e. The molecule has 0 bridgehead atoms. The number of carbonyl (C=O) groups is 2. The van der Waals surface area contributed by atoms with Gasteiger partial charge in [0.1, 0.15) is 6.79 Å². The molecule has 2 aromatic carbocycles. The number of anilines is 1. The summed E-state index contributed by atoms with van der Waals surface area (Å²) >= 11 is 0. The molecule has 0 aromatic heterocycles. The second kappa shape index (κ2) is 14.5. The number of benzene rings is 2. The van der Waals surface area contributed by atoms with Gasteiger partial charge >= 0.3 is 197 Å². The summed E-state index contributed by atoms with van der Waals surface area (Å²) < 4.78 is 43.9. The standard InChI is InChI=1S/C29H30F3N2O2P2.CH2O/c1-6-8-25(35)34(16-20-10-13-22(14-11-20)21(7-2)17-37-29(30,31)32)24-15-23(12-9-19(24)3)26-36-27(38-26)28(4,5)18-33;1-2/h7,9-15,17H,6,8,16H2,1-5H3;1H2/q+1;/b21-7+;. The van der Waals surface area contributed by atoms with Gasteiger partial charge in [-0.2, -0.15) is 13.2 Å². The van der Waals surface area contributed by atoms with Crippen LogP contribution >= 0.6 is 16.0 Å². The summed E-state index contributed by atoms with van der Waals surface area (Å²) in [5.41, 5.74) is 5.38. The number of aryl methyl sites for hydroxylation is 1. The molecule has 40 heavy (non-hydrogen) atoms. The van der Waals surface area contributed by atoms with Crippen molar-refractivity contribution in [2.75, 3.05) is 4.90 Å². The molecule has 0 fully saturated rings. The van der Waals surface area contributed by atoms with E-state index in [1.54, 1.807) is 30.0 Å². The first kappa shape index (κ1) is 33.1. The largest absolute Gasteiger partial charge is 0.307 e. The smallest absolute Gasteiger partial charge is 0.106 e. The van der Waals surface area contributed by atoms with Crippen molar-refractivity contribution >= 4 is 56.7 Å². The van der Waals surface area contributed by atoms with Crippen LogP contribution in [0.1, 0.15) is 62.8 Å². The van der Waals surface area contributed by atoms with Crippen LogP contribution in [0.2, 0.25) is 0 Å². The molecular weight excluding hydrogens is 555 g/mol. The second-order valence-corrected chi connectivity index (χ2v) is 11.5. The Hall–Kier alpha value is -3.10. The normalized spacial score (nSPS) is 13.6. The van der Waals surface area contributed by atoms with Gasteiger partial charge in [0.05, 0.1) is 0 Å². The van der Waals surface area contributed by atoms with Gasteiger partial charge in [0.15, 0.2) is 0 Å². The molecule has 0 atom stereocenters. The third-order valence-corrected chi connectivity index (χ3v) is 8.12. The van der Waals surface area contributed by atoms with Crippen molar-refractivity contribution in [3.63, 3.8) is 0 Å². The average molecular weight is 588 g/mol. The van der Waals surface area contributed by atoms with Gasteiger partial charge in [0.2, 0.25) is 0 Å². The first-order valence-corrected chi connectivity index (χ1v) is 14.4. The topological polar surface area (TPSA) is 70.4 Å². The number of hydrogen-bond donors (Lipinski definition) is 0. The van der Waals surface area contributed by atoms with Crippen LogP contribution in [0.25, 0.3) is 5.57 Å². The molecule has 2 aromatic rings. The predicted octanol–water partition coefficient (Wildman–Crippen LogP) is 7.95. The molecule has 1 aliphatic heterocycles. The van der Waals surface area contributed by atoms with Crippen molar-refractivity contribution in [1.82, 2.24) is 0 Å².